The molecule has 0 saturated heterocycles. The summed E-state index contributed by atoms with van der Waals surface area (Å²) in [7, 11) is 0. The second-order valence-electron chi connectivity index (χ2n) is 5.12. The molecule has 0 bridgehead atoms. The Bertz CT molecular complexity index is 780. The summed E-state index contributed by atoms with van der Waals surface area (Å²) >= 11 is 5.98. The summed E-state index contributed by atoms with van der Waals surface area (Å²) in [6, 6.07) is 13.0. The lowest BCUT2D eigenvalue weighted by Crippen LogP contribution is -2.05. The molecule has 0 radical (unpaired) electrons. The van der Waals surface area contributed by atoms with Crippen LogP contribution in [0.5, 0.6) is 0 Å². The van der Waals surface area contributed by atoms with Gasteiger partial charge in [-0.25, -0.2) is 9.37 Å². The van der Waals surface area contributed by atoms with Crippen LogP contribution >= 0.6 is 11.6 Å². The van der Waals surface area contributed by atoms with Gasteiger partial charge >= 0.3 is 0 Å². The number of aromatic nitrogens is 2. The van der Waals surface area contributed by atoms with Gasteiger partial charge in [0.1, 0.15) is 11.6 Å². The number of aryl methyl sites for hydroxylation is 3. The molecule has 0 unspecified atom stereocenters. The normalized spacial score (nSPS) is 11.2. The zero-order chi connectivity index (χ0) is 14.8. The van der Waals surface area contributed by atoms with Crippen molar-refractivity contribution in [1.29, 1.82) is 0 Å². The average Bonchev–Trinajstić information content (AvgIpc) is 2.83. The van der Waals surface area contributed by atoms with Gasteiger partial charge in [0.05, 0.1) is 16.9 Å². The molecule has 0 fully saturated rings. The van der Waals surface area contributed by atoms with E-state index >= 15 is 0 Å². The largest absolute Gasteiger partial charge is 0.327 e. The van der Waals surface area contributed by atoms with Crippen LogP contribution in [-0.2, 0) is 18.8 Å². The van der Waals surface area contributed by atoms with Gasteiger partial charge in [-0.15, -0.1) is 11.6 Å². The highest BCUT2D eigenvalue weighted by molar-refractivity contribution is 6.16. The summed E-state index contributed by atoms with van der Waals surface area (Å²) in [4.78, 5) is 4.42. The molecule has 108 valence electrons. The summed E-state index contributed by atoms with van der Waals surface area (Å²) < 4.78 is 15.4. The minimum atomic E-state index is -0.271. The van der Waals surface area contributed by atoms with Crippen LogP contribution in [0.1, 0.15) is 17.0 Å². The number of hydrogen-bond acceptors (Lipinski definition) is 1. The highest BCUT2D eigenvalue weighted by Crippen LogP contribution is 2.20. The fourth-order valence-electron chi connectivity index (χ4n) is 2.63. The lowest BCUT2D eigenvalue weighted by Gasteiger charge is -2.09. The van der Waals surface area contributed by atoms with Crippen LogP contribution in [0.3, 0.4) is 0 Å². The summed E-state index contributed by atoms with van der Waals surface area (Å²) in [5.74, 6) is 0.836. The molecule has 1 heterocycles. The Balaban J connectivity index is 1.94. The smallest absolute Gasteiger partial charge is 0.125 e. The van der Waals surface area contributed by atoms with Crippen molar-refractivity contribution in [3.8, 4) is 0 Å². The zero-order valence-electron chi connectivity index (χ0n) is 11.8. The quantitative estimate of drug-likeness (QED) is 0.650. The molecule has 3 rings (SSSR count). The Morgan fingerprint density at radius 3 is 2.76 bits per heavy atom. The molecule has 1 aromatic heterocycles. The molecule has 0 atom stereocenters. The van der Waals surface area contributed by atoms with Crippen LogP contribution in [0, 0.1) is 12.7 Å². The van der Waals surface area contributed by atoms with E-state index in [2.05, 4.69) is 28.6 Å². The first kappa shape index (κ1) is 14.1. The third-order valence-electron chi connectivity index (χ3n) is 3.77. The monoisotopic (exact) mass is 302 g/mol. The number of imidazole rings is 1. The predicted molar refractivity (Wildman–Crippen MR) is 84.1 cm³/mol. The molecule has 21 heavy (non-hydrogen) atoms. The lowest BCUT2D eigenvalue weighted by atomic mass is 10.1. The molecular formula is C17H16ClFN2. The molecule has 3 aromatic rings. The predicted octanol–water partition coefficient (Wildman–Crippen LogP) is 4.47. The number of nitrogens with zero attached hydrogens (tertiary/aromatic N) is 2. The van der Waals surface area contributed by atoms with Crippen molar-refractivity contribution in [1.82, 2.24) is 9.55 Å². The van der Waals surface area contributed by atoms with Crippen molar-refractivity contribution in [2.45, 2.75) is 25.8 Å². The number of fused-ring (bicyclic) bond motifs is 1. The molecular weight excluding hydrogens is 287 g/mol. The fourth-order valence-corrected chi connectivity index (χ4v) is 2.83. The summed E-state index contributed by atoms with van der Waals surface area (Å²) in [6.07, 6.45) is 0.902. The third kappa shape index (κ3) is 2.79. The Labute approximate surface area is 128 Å². The SMILES string of the molecule is Cc1ccccc1CCn1c(CCl)nc2cc(F)ccc21. The van der Waals surface area contributed by atoms with Gasteiger partial charge in [-0.1, -0.05) is 24.3 Å². The maximum Gasteiger partial charge on any atom is 0.125 e. The van der Waals surface area contributed by atoms with Gasteiger partial charge in [0.2, 0.25) is 0 Å². The number of alkyl halides is 1. The first-order valence-corrected chi connectivity index (χ1v) is 7.47. The molecule has 0 amide bonds. The van der Waals surface area contributed by atoms with Crippen LogP contribution in [0.25, 0.3) is 11.0 Å². The van der Waals surface area contributed by atoms with Gasteiger partial charge in [0.25, 0.3) is 0 Å². The Morgan fingerprint density at radius 2 is 2.00 bits per heavy atom. The maximum absolute atomic E-state index is 13.3. The molecule has 0 saturated carbocycles. The van der Waals surface area contributed by atoms with Crippen molar-refractivity contribution in [3.05, 3.63) is 65.2 Å². The van der Waals surface area contributed by atoms with Gasteiger partial charge in [0.15, 0.2) is 0 Å². The van der Waals surface area contributed by atoms with E-state index in [1.54, 1.807) is 6.07 Å². The maximum atomic E-state index is 13.3. The summed E-state index contributed by atoms with van der Waals surface area (Å²) in [5.41, 5.74) is 4.18. The van der Waals surface area contributed by atoms with Crippen LogP contribution in [0.15, 0.2) is 42.5 Å². The lowest BCUT2D eigenvalue weighted by molar-refractivity contribution is 0.629. The van der Waals surface area contributed by atoms with E-state index in [1.807, 2.05) is 12.1 Å². The average molecular weight is 303 g/mol. The zero-order valence-corrected chi connectivity index (χ0v) is 12.6. The van der Waals surface area contributed by atoms with Gasteiger partial charge in [0, 0.05) is 12.6 Å². The van der Waals surface area contributed by atoms with E-state index in [0.717, 1.165) is 24.3 Å². The Morgan fingerprint density at radius 1 is 1.19 bits per heavy atom. The van der Waals surface area contributed by atoms with E-state index in [-0.39, 0.29) is 5.82 Å². The molecule has 0 aliphatic heterocycles. The van der Waals surface area contributed by atoms with Crippen LogP contribution in [0.2, 0.25) is 0 Å². The van der Waals surface area contributed by atoms with E-state index in [1.165, 1.54) is 23.3 Å². The van der Waals surface area contributed by atoms with E-state index < -0.39 is 0 Å². The Kier molecular flexibility index (Phi) is 3.93. The van der Waals surface area contributed by atoms with E-state index in [4.69, 9.17) is 11.6 Å². The van der Waals surface area contributed by atoms with E-state index in [9.17, 15) is 4.39 Å². The minimum Gasteiger partial charge on any atom is -0.327 e. The van der Waals surface area contributed by atoms with Gasteiger partial charge in [-0.05, 0) is 36.6 Å². The molecule has 0 aliphatic rings. The van der Waals surface area contributed by atoms with Crippen LogP contribution < -0.4 is 0 Å². The third-order valence-corrected chi connectivity index (χ3v) is 4.01. The number of rotatable bonds is 4. The minimum absolute atomic E-state index is 0.271. The van der Waals surface area contributed by atoms with Crippen LogP contribution in [-0.4, -0.2) is 9.55 Å². The molecule has 2 aromatic carbocycles. The molecule has 0 N–H and O–H groups in total. The van der Waals surface area contributed by atoms with Crippen LogP contribution in [0.4, 0.5) is 4.39 Å². The topological polar surface area (TPSA) is 17.8 Å². The van der Waals surface area contributed by atoms with Crippen molar-refractivity contribution >= 4 is 22.6 Å². The fraction of sp³-hybridized carbons (Fsp3) is 0.235. The first-order valence-electron chi connectivity index (χ1n) is 6.94. The highest BCUT2D eigenvalue weighted by Gasteiger charge is 2.11. The second-order valence-corrected chi connectivity index (χ2v) is 5.39. The molecule has 4 heteroatoms. The number of hydrogen-bond donors (Lipinski definition) is 0. The molecule has 0 aliphatic carbocycles. The molecule has 2 nitrogen and oxygen atoms in total. The van der Waals surface area contributed by atoms with Gasteiger partial charge < -0.3 is 4.57 Å². The first-order chi connectivity index (χ1) is 10.2. The number of halogens is 2. The van der Waals surface area contributed by atoms with Crippen molar-refractivity contribution in [3.63, 3.8) is 0 Å². The van der Waals surface area contributed by atoms with Crippen molar-refractivity contribution in [2.24, 2.45) is 0 Å². The number of benzene rings is 2. The van der Waals surface area contributed by atoms with E-state index in [0.29, 0.717) is 11.4 Å². The standard InChI is InChI=1S/C17H16ClFN2/c1-12-4-2-3-5-13(12)8-9-21-16-7-6-14(19)10-15(16)20-17(21)11-18/h2-7,10H,8-9,11H2,1H3. The summed E-state index contributed by atoms with van der Waals surface area (Å²) in [6.45, 7) is 2.90. The highest BCUT2D eigenvalue weighted by atomic mass is 35.5. The van der Waals surface area contributed by atoms with Gasteiger partial charge in [-0.3, -0.25) is 0 Å². The van der Waals surface area contributed by atoms with Gasteiger partial charge in [-0.2, -0.15) is 0 Å². The summed E-state index contributed by atoms with van der Waals surface area (Å²) in [5, 5.41) is 0. The van der Waals surface area contributed by atoms with Crippen molar-refractivity contribution < 1.29 is 4.39 Å². The molecule has 0 spiro atoms. The Hall–Kier alpha value is -1.87. The second kappa shape index (κ2) is 5.86. The van der Waals surface area contributed by atoms with Crippen molar-refractivity contribution in [2.75, 3.05) is 0 Å².